The molecule has 3 atom stereocenters. The zero-order chi connectivity index (χ0) is 31.2. The van der Waals surface area contributed by atoms with Gasteiger partial charge in [0.2, 0.25) is 11.8 Å². The van der Waals surface area contributed by atoms with Crippen LogP contribution in [0.15, 0.2) is 42.5 Å². The number of ether oxygens (including phenoxy) is 2. The van der Waals surface area contributed by atoms with E-state index in [2.05, 4.69) is 15.1 Å². The average molecular weight is 603 g/mol. The van der Waals surface area contributed by atoms with E-state index in [1.165, 1.54) is 0 Å². The van der Waals surface area contributed by atoms with Gasteiger partial charge in [0.15, 0.2) is 0 Å². The second-order valence-corrected chi connectivity index (χ2v) is 12.9. The summed E-state index contributed by atoms with van der Waals surface area (Å²) in [5, 5.41) is 2.22. The Balaban J connectivity index is 1.01. The highest BCUT2D eigenvalue weighted by atomic mass is 16.6. The van der Waals surface area contributed by atoms with Crippen LogP contribution < -0.4 is 15.0 Å². The summed E-state index contributed by atoms with van der Waals surface area (Å²) in [7, 11) is 0. The molecule has 1 aliphatic carbocycles. The van der Waals surface area contributed by atoms with Gasteiger partial charge in [0.1, 0.15) is 23.5 Å². The van der Waals surface area contributed by atoms with E-state index < -0.39 is 35.3 Å². The number of hydrogen-bond donors (Lipinski definition) is 1. The first-order valence-corrected chi connectivity index (χ1v) is 15.3. The van der Waals surface area contributed by atoms with Gasteiger partial charge in [-0.05, 0) is 88.9 Å². The minimum atomic E-state index is -0.989. The van der Waals surface area contributed by atoms with Crippen LogP contribution in [-0.4, -0.2) is 89.4 Å². The molecule has 2 aromatic carbocycles. The van der Waals surface area contributed by atoms with Crippen LogP contribution in [0.25, 0.3) is 0 Å². The van der Waals surface area contributed by atoms with Crippen molar-refractivity contribution in [3.8, 4) is 5.75 Å². The molecule has 1 unspecified atom stereocenters. The summed E-state index contributed by atoms with van der Waals surface area (Å²) in [6.45, 7) is 9.20. The molecule has 6 rings (SSSR count). The molecule has 2 saturated heterocycles. The van der Waals surface area contributed by atoms with Gasteiger partial charge in [-0.25, -0.2) is 4.79 Å². The molecule has 44 heavy (non-hydrogen) atoms. The summed E-state index contributed by atoms with van der Waals surface area (Å²) in [5.74, 6) is -1.87. The number of piperazine rings is 1. The van der Waals surface area contributed by atoms with Crippen LogP contribution in [0.3, 0.4) is 0 Å². The number of imide groups is 2. The number of hydrogen-bond acceptors (Lipinski definition) is 9. The third kappa shape index (κ3) is 6.06. The minimum absolute atomic E-state index is 0.00470. The summed E-state index contributed by atoms with van der Waals surface area (Å²) in [6, 6.07) is 11.9. The number of carbonyl (C=O) groups is 5. The SMILES string of the molecule is CC(C)(C)OC(=O)c1ccc(N2CCN([C@@H]3CC[C@@H](Oc4ccc5c(c4)C(=O)N(C4CCC(=O)NC4=O)C5=O)C3)CC2)cc1. The van der Waals surface area contributed by atoms with Crippen molar-refractivity contribution in [1.29, 1.82) is 0 Å². The predicted molar refractivity (Wildman–Crippen MR) is 161 cm³/mol. The number of benzene rings is 2. The second kappa shape index (κ2) is 11.7. The van der Waals surface area contributed by atoms with Gasteiger partial charge < -0.3 is 14.4 Å². The molecule has 4 aliphatic rings. The molecule has 11 heteroatoms. The highest BCUT2D eigenvalue weighted by Gasteiger charge is 2.45. The molecule has 0 bridgehead atoms. The quantitative estimate of drug-likeness (QED) is 0.392. The Morgan fingerprint density at radius 3 is 2.25 bits per heavy atom. The Kier molecular flexibility index (Phi) is 7.91. The zero-order valence-electron chi connectivity index (χ0n) is 25.3. The molecule has 3 aliphatic heterocycles. The van der Waals surface area contributed by atoms with Crippen LogP contribution in [0.2, 0.25) is 0 Å². The normalized spacial score (nSPS) is 24.4. The molecule has 3 heterocycles. The Bertz CT molecular complexity index is 1490. The summed E-state index contributed by atoms with van der Waals surface area (Å²) in [5.41, 5.74) is 1.57. The maximum absolute atomic E-state index is 13.2. The van der Waals surface area contributed by atoms with Gasteiger partial charge in [-0.3, -0.25) is 34.3 Å². The van der Waals surface area contributed by atoms with Crippen LogP contribution in [0.1, 0.15) is 83.9 Å². The molecule has 2 aromatic rings. The molecule has 4 amide bonds. The van der Waals surface area contributed by atoms with Gasteiger partial charge in [-0.2, -0.15) is 0 Å². The number of piperidine rings is 1. The Hall–Kier alpha value is -4.25. The van der Waals surface area contributed by atoms with Crippen molar-refractivity contribution in [1.82, 2.24) is 15.1 Å². The van der Waals surface area contributed by atoms with Gasteiger partial charge >= 0.3 is 5.97 Å². The molecule has 232 valence electrons. The van der Waals surface area contributed by atoms with Crippen molar-refractivity contribution >= 4 is 35.3 Å². The number of nitrogens with one attached hydrogen (secondary N) is 1. The fourth-order valence-electron chi connectivity index (χ4n) is 6.56. The van der Waals surface area contributed by atoms with E-state index in [0.717, 1.165) is 56.0 Å². The molecule has 3 fully saturated rings. The van der Waals surface area contributed by atoms with Crippen molar-refractivity contribution in [3.63, 3.8) is 0 Å². The number of amides is 4. The Labute approximate surface area is 256 Å². The third-order valence-electron chi connectivity index (χ3n) is 8.77. The molecule has 1 N–H and O–H groups in total. The van der Waals surface area contributed by atoms with Crippen molar-refractivity contribution in [3.05, 3.63) is 59.2 Å². The lowest BCUT2D eigenvalue weighted by Crippen LogP contribution is -2.54. The molecule has 0 spiro atoms. The highest BCUT2D eigenvalue weighted by Crippen LogP contribution is 2.33. The van der Waals surface area contributed by atoms with E-state index in [-0.39, 0.29) is 36.0 Å². The minimum Gasteiger partial charge on any atom is -0.490 e. The number of nitrogens with zero attached hydrogens (tertiary/aromatic N) is 3. The predicted octanol–water partition coefficient (Wildman–Crippen LogP) is 3.17. The van der Waals surface area contributed by atoms with Crippen LogP contribution in [-0.2, 0) is 14.3 Å². The molecule has 1 saturated carbocycles. The third-order valence-corrected chi connectivity index (χ3v) is 8.77. The average Bonchev–Trinajstić information content (AvgIpc) is 3.54. The number of fused-ring (bicyclic) bond motifs is 1. The van der Waals surface area contributed by atoms with E-state index in [1.807, 2.05) is 45.0 Å². The molecular formula is C33H38N4O7. The number of anilines is 1. The van der Waals surface area contributed by atoms with E-state index in [9.17, 15) is 24.0 Å². The van der Waals surface area contributed by atoms with Gasteiger partial charge in [-0.15, -0.1) is 0 Å². The van der Waals surface area contributed by atoms with Crippen molar-refractivity contribution in [2.24, 2.45) is 0 Å². The Morgan fingerprint density at radius 2 is 1.57 bits per heavy atom. The maximum Gasteiger partial charge on any atom is 0.338 e. The lowest BCUT2D eigenvalue weighted by atomic mass is 10.0. The summed E-state index contributed by atoms with van der Waals surface area (Å²) < 4.78 is 11.8. The van der Waals surface area contributed by atoms with E-state index >= 15 is 0 Å². The lowest BCUT2D eigenvalue weighted by molar-refractivity contribution is -0.136. The lowest BCUT2D eigenvalue weighted by Gasteiger charge is -2.39. The van der Waals surface area contributed by atoms with Crippen LogP contribution in [0.5, 0.6) is 5.75 Å². The first kappa shape index (κ1) is 29.8. The number of carbonyl (C=O) groups excluding carboxylic acids is 5. The van der Waals surface area contributed by atoms with Gasteiger partial charge in [0.25, 0.3) is 11.8 Å². The molecule has 0 aromatic heterocycles. The fraction of sp³-hybridized carbons (Fsp3) is 0.485. The second-order valence-electron chi connectivity index (χ2n) is 12.9. The summed E-state index contributed by atoms with van der Waals surface area (Å²) in [6.07, 6.45) is 2.98. The molecular weight excluding hydrogens is 564 g/mol. The van der Waals surface area contributed by atoms with Gasteiger partial charge in [-0.1, -0.05) is 0 Å². The number of rotatable bonds is 6. The van der Waals surface area contributed by atoms with Crippen molar-refractivity contribution < 1.29 is 33.4 Å². The van der Waals surface area contributed by atoms with Crippen molar-refractivity contribution in [2.75, 3.05) is 31.1 Å². The standard InChI is InChI=1S/C33H38N4O7/c1-33(2,3)44-32(42)20-4-6-21(7-5-20)35-14-16-36(17-15-35)22-8-9-23(18-22)43-24-10-11-25-26(19-24)31(41)37(30(25)40)27-12-13-28(38)34-29(27)39/h4-7,10-11,19,22-23,27H,8-9,12-18H2,1-3H3,(H,34,38,39)/t22-,23-,27?/m1/s1. The number of esters is 1. The molecule has 11 nitrogen and oxygen atoms in total. The smallest absolute Gasteiger partial charge is 0.338 e. The summed E-state index contributed by atoms with van der Waals surface area (Å²) in [4.78, 5) is 68.2. The van der Waals surface area contributed by atoms with Crippen molar-refractivity contribution in [2.45, 2.75) is 76.7 Å². The monoisotopic (exact) mass is 602 g/mol. The topological polar surface area (TPSA) is 126 Å². The van der Waals surface area contributed by atoms with Crippen LogP contribution >= 0.6 is 0 Å². The fourth-order valence-corrected chi connectivity index (χ4v) is 6.56. The van der Waals surface area contributed by atoms with Gasteiger partial charge in [0, 0.05) is 44.3 Å². The largest absolute Gasteiger partial charge is 0.490 e. The van der Waals surface area contributed by atoms with Crippen LogP contribution in [0, 0.1) is 0 Å². The van der Waals surface area contributed by atoms with E-state index in [0.29, 0.717) is 17.4 Å². The van der Waals surface area contributed by atoms with Gasteiger partial charge in [0.05, 0.1) is 16.7 Å². The molecule has 0 radical (unpaired) electrons. The van der Waals surface area contributed by atoms with E-state index in [1.54, 1.807) is 18.2 Å². The Morgan fingerprint density at radius 1 is 0.864 bits per heavy atom. The van der Waals surface area contributed by atoms with Crippen LogP contribution in [0.4, 0.5) is 5.69 Å². The maximum atomic E-state index is 13.2. The highest BCUT2D eigenvalue weighted by molar-refractivity contribution is 6.23. The summed E-state index contributed by atoms with van der Waals surface area (Å²) >= 11 is 0. The van der Waals surface area contributed by atoms with E-state index in [4.69, 9.17) is 9.47 Å². The zero-order valence-corrected chi connectivity index (χ0v) is 25.3. The first-order chi connectivity index (χ1) is 21.0. The first-order valence-electron chi connectivity index (χ1n) is 15.3.